The average molecular weight is 1050 g/mol. The molecule has 6 aliphatic heterocycles. The number of Topliss-reactive ketones (excluding diaryl/α,β-unsaturated/α-hetero) is 1. The number of aliphatic hydroxyl groups excluding tert-OH is 1. The van der Waals surface area contributed by atoms with Crippen molar-refractivity contribution >= 4 is 45.7 Å². The predicted molar refractivity (Wildman–Crippen MR) is 293 cm³/mol. The summed E-state index contributed by atoms with van der Waals surface area (Å²) in [5.41, 5.74) is -0.536. The number of nitrogens with one attached hydrogen (secondary N) is 1. The Morgan fingerprint density at radius 2 is 1.58 bits per heavy atom. The second kappa shape index (κ2) is 23.0. The number of benzene rings is 3. The number of aromatic hydroxyl groups is 2. The second-order valence-corrected chi connectivity index (χ2v) is 23.3. The van der Waals surface area contributed by atoms with Crippen LogP contribution in [0.2, 0.25) is 0 Å². The van der Waals surface area contributed by atoms with Gasteiger partial charge in [-0.05, 0) is 82.8 Å². The molecule has 6 aliphatic rings. The Balaban J connectivity index is 1.10. The first kappa shape index (κ1) is 56.4. The third-order valence-electron chi connectivity index (χ3n) is 17.2. The number of ether oxygens (including phenoxy) is 3. The average Bonchev–Trinajstić information content (AvgIpc) is 4.01. The number of esters is 1. The summed E-state index contributed by atoms with van der Waals surface area (Å²) in [4.78, 5) is 73.9. The van der Waals surface area contributed by atoms with E-state index in [1.54, 1.807) is 40.0 Å². The molecule has 8 atom stereocenters. The molecule has 0 aromatic heterocycles. The number of anilines is 2. The van der Waals surface area contributed by atoms with Crippen LogP contribution < -0.4 is 25.7 Å². The molecule has 2 fully saturated rings. The topological polar surface area (TPSA) is 203 Å². The number of carbonyl (C=O) groups excluding carboxylic acids is 4. The Morgan fingerprint density at radius 3 is 2.24 bits per heavy atom. The van der Waals surface area contributed by atoms with Gasteiger partial charge in [0.25, 0.3) is 5.91 Å². The lowest BCUT2D eigenvalue weighted by Crippen LogP contribution is -2.46. The lowest BCUT2D eigenvalue weighted by Gasteiger charge is -2.38. The number of allylic oxidation sites excluding steroid dienone is 3. The van der Waals surface area contributed by atoms with Crippen molar-refractivity contribution in [3.05, 3.63) is 76.0 Å². The largest absolute Gasteiger partial charge is 0.507 e. The molecular formula is C60H82N6O10. The molecule has 0 saturated carbocycles. The fourth-order valence-corrected chi connectivity index (χ4v) is 12.5. The van der Waals surface area contributed by atoms with Crippen LogP contribution in [0.25, 0.3) is 10.8 Å². The number of hydrogen-bond donors (Lipinski definition) is 4. The molecule has 412 valence electrons. The Kier molecular flexibility index (Phi) is 17.1. The summed E-state index contributed by atoms with van der Waals surface area (Å²) < 4.78 is 19.2. The summed E-state index contributed by atoms with van der Waals surface area (Å²) in [6.07, 6.45) is 6.67. The third kappa shape index (κ3) is 11.4. The maximum Gasteiger partial charge on any atom is 0.306 e. The van der Waals surface area contributed by atoms with E-state index in [9.17, 15) is 29.7 Å². The molecule has 76 heavy (non-hydrogen) atoms. The summed E-state index contributed by atoms with van der Waals surface area (Å²) in [6.45, 7) is 20.7. The SMILES string of the molecule is CO[C@H]1CCC2(C)Oc3c(C)c(O)c4c(O)c(c5c(c4c3C2=O)=NC2(CCN(CC(C)C)CC2)N=5)NC(=O)/C(C)=C\C=C\C(C)C[C@@H](C)C(O)[C@@H](C)C(OC(=O)CCC(=O)N2CCC(N(C)c3ccccc3)CC2)[C@@H]1C. The molecule has 3 aromatic rings. The summed E-state index contributed by atoms with van der Waals surface area (Å²) in [5.74, 6) is -3.01. The summed E-state index contributed by atoms with van der Waals surface area (Å²) in [6, 6.07) is 10.5. The molecule has 0 radical (unpaired) electrons. The summed E-state index contributed by atoms with van der Waals surface area (Å²) >= 11 is 0. The minimum atomic E-state index is -1.48. The van der Waals surface area contributed by atoms with Crippen molar-refractivity contribution in [1.29, 1.82) is 0 Å². The van der Waals surface area contributed by atoms with E-state index in [0.717, 1.165) is 38.2 Å². The fourth-order valence-electron chi connectivity index (χ4n) is 12.5. The zero-order valence-electron chi connectivity index (χ0n) is 46.6. The molecule has 4 N–H and O–H groups in total. The minimum Gasteiger partial charge on any atom is -0.507 e. The van der Waals surface area contributed by atoms with Crippen LogP contribution in [0.5, 0.6) is 17.2 Å². The van der Waals surface area contributed by atoms with Crippen molar-refractivity contribution < 1.29 is 48.7 Å². The monoisotopic (exact) mass is 1050 g/mol. The van der Waals surface area contributed by atoms with Crippen molar-refractivity contribution in [2.45, 2.75) is 156 Å². The molecule has 9 rings (SSSR count). The molecular weight excluding hydrogens is 965 g/mol. The van der Waals surface area contributed by atoms with Crippen LogP contribution in [-0.2, 0) is 23.9 Å². The molecule has 5 bridgehead atoms. The lowest BCUT2D eigenvalue weighted by molar-refractivity contribution is -0.164. The zero-order chi connectivity index (χ0) is 55.0. The van der Waals surface area contributed by atoms with Crippen LogP contribution in [0.4, 0.5) is 11.4 Å². The highest BCUT2D eigenvalue weighted by molar-refractivity contribution is 6.20. The number of piperidine rings is 2. The van der Waals surface area contributed by atoms with Crippen LogP contribution in [0.15, 0.2) is 64.1 Å². The molecule has 4 unspecified atom stereocenters. The van der Waals surface area contributed by atoms with Gasteiger partial charge in [-0.15, -0.1) is 0 Å². The van der Waals surface area contributed by atoms with Gasteiger partial charge in [0.2, 0.25) is 11.7 Å². The number of ketones is 1. The minimum absolute atomic E-state index is 0.00348. The van der Waals surface area contributed by atoms with Crippen LogP contribution in [0.3, 0.4) is 0 Å². The number of phenols is 2. The highest BCUT2D eigenvalue weighted by Crippen LogP contribution is 2.51. The van der Waals surface area contributed by atoms with Gasteiger partial charge < -0.3 is 49.5 Å². The van der Waals surface area contributed by atoms with E-state index in [1.165, 1.54) is 0 Å². The highest BCUT2D eigenvalue weighted by Gasteiger charge is 2.49. The molecule has 2 saturated heterocycles. The number of phenolic OH excluding ortho intramolecular Hbond substituents is 2. The Morgan fingerprint density at radius 1 is 0.908 bits per heavy atom. The van der Waals surface area contributed by atoms with Gasteiger partial charge in [0.1, 0.15) is 28.6 Å². The normalized spacial score (nSPS) is 28.7. The van der Waals surface area contributed by atoms with Crippen LogP contribution >= 0.6 is 0 Å². The van der Waals surface area contributed by atoms with E-state index in [-0.39, 0.29) is 93.7 Å². The van der Waals surface area contributed by atoms with E-state index in [1.807, 2.05) is 56.9 Å². The number of para-hydroxylation sites is 1. The standard InChI is InChI=1S/C60H82N6O10/c1-34(2)33-65-30-26-60(27-31-65)62-49-46-47-53(70)40(8)56-48(46)57(72)59(9,76-56)25-22-43(74-11)38(6)55(75-45(68)21-20-44(67)66-28-23-42(24-29-66)64(10)41-18-13-12-14-19-41)39(7)52(69)37(5)32-35(3)16-15-17-36(4)58(73)61-51(54(47)71)50(49)63-60/h12-19,34-35,37-39,42-43,52,55,69-71H,20-33H2,1-11H3,(H,61,73)/b16-15+,36-17-/t35?,37-,38-,39-,43+,52?,55?,59?/m1/s1. The second-order valence-electron chi connectivity index (χ2n) is 23.3. The predicted octanol–water partition coefficient (Wildman–Crippen LogP) is 7.96. The number of rotatable bonds is 9. The summed E-state index contributed by atoms with van der Waals surface area (Å²) in [5, 5.41) is 40.1. The number of nitrogens with zero attached hydrogens (tertiary/aromatic N) is 5. The maximum atomic E-state index is 15.3. The Hall–Kier alpha value is -5.84. The first-order chi connectivity index (χ1) is 36.1. The van der Waals surface area contributed by atoms with Crippen LogP contribution in [-0.4, -0.2) is 131 Å². The first-order valence-electron chi connectivity index (χ1n) is 27.7. The van der Waals surface area contributed by atoms with Gasteiger partial charge in [-0.25, -0.2) is 0 Å². The number of carbonyl (C=O) groups is 4. The Bertz CT molecular complexity index is 2870. The quantitative estimate of drug-likeness (QED) is 0.119. The van der Waals surface area contributed by atoms with Crippen molar-refractivity contribution in [3.63, 3.8) is 0 Å². The zero-order valence-corrected chi connectivity index (χ0v) is 46.6. The first-order valence-corrected chi connectivity index (χ1v) is 27.7. The number of likely N-dealkylation sites (tertiary alicyclic amines) is 2. The van der Waals surface area contributed by atoms with Gasteiger partial charge in [-0.2, -0.15) is 0 Å². The maximum absolute atomic E-state index is 15.3. The van der Waals surface area contributed by atoms with E-state index in [0.29, 0.717) is 55.2 Å². The van der Waals surface area contributed by atoms with E-state index < -0.39 is 59.0 Å². The van der Waals surface area contributed by atoms with Gasteiger partial charge in [0.05, 0.1) is 34.9 Å². The molecule has 16 nitrogen and oxygen atoms in total. The molecule has 16 heteroatoms. The molecule has 0 aliphatic carbocycles. The number of methoxy groups -OCH3 is 1. The van der Waals surface area contributed by atoms with Gasteiger partial charge >= 0.3 is 5.97 Å². The number of hydrogen-bond acceptors (Lipinski definition) is 14. The Labute approximate surface area is 448 Å². The molecule has 1 spiro atoms. The van der Waals surface area contributed by atoms with Crippen molar-refractivity contribution in [1.82, 2.24) is 9.80 Å². The van der Waals surface area contributed by atoms with E-state index in [2.05, 4.69) is 48.1 Å². The molecule has 3 aromatic carbocycles. The highest BCUT2D eigenvalue weighted by atomic mass is 16.5. The van der Waals surface area contributed by atoms with Gasteiger partial charge in [0, 0.05) is 106 Å². The van der Waals surface area contributed by atoms with Gasteiger partial charge in [-0.3, -0.25) is 29.2 Å². The van der Waals surface area contributed by atoms with Crippen LogP contribution in [0, 0.1) is 36.5 Å². The van der Waals surface area contributed by atoms with Gasteiger partial charge in [0.15, 0.2) is 17.0 Å². The van der Waals surface area contributed by atoms with E-state index in [4.69, 9.17) is 24.2 Å². The third-order valence-corrected chi connectivity index (χ3v) is 17.2. The van der Waals surface area contributed by atoms with Crippen molar-refractivity contribution in [3.8, 4) is 17.2 Å². The van der Waals surface area contributed by atoms with Crippen molar-refractivity contribution in [2.75, 3.05) is 57.1 Å². The van der Waals surface area contributed by atoms with Gasteiger partial charge in [-0.1, -0.05) is 78.0 Å². The smallest absolute Gasteiger partial charge is 0.306 e. The van der Waals surface area contributed by atoms with Crippen LogP contribution in [0.1, 0.15) is 129 Å². The lowest BCUT2D eigenvalue weighted by atomic mass is 9.78. The summed E-state index contributed by atoms with van der Waals surface area (Å²) in [7, 11) is 3.65. The van der Waals surface area contributed by atoms with E-state index >= 15 is 4.79 Å². The molecule has 6 heterocycles. The fraction of sp³-hybridized carbons (Fsp3) is 0.600. The molecule has 2 amide bonds. The number of aliphatic hydroxyl groups is 1. The number of amides is 2. The number of fused-ring (bicyclic) bond motifs is 13. The van der Waals surface area contributed by atoms with Crippen molar-refractivity contribution in [2.24, 2.45) is 39.6 Å².